The smallest absolute Gasteiger partial charge is 0.294 e. The number of hydrogen-bond acceptors (Lipinski definition) is 6. The Labute approximate surface area is 216 Å². The van der Waals surface area contributed by atoms with E-state index < -0.39 is 30.0 Å². The summed E-state index contributed by atoms with van der Waals surface area (Å²) in [5.41, 5.74) is 3.29. The van der Waals surface area contributed by atoms with Gasteiger partial charge in [0.1, 0.15) is 34.7 Å². The summed E-state index contributed by atoms with van der Waals surface area (Å²) in [7, 11) is -9.84. The summed E-state index contributed by atoms with van der Waals surface area (Å²) in [6.45, 7) is 1.93. The lowest BCUT2D eigenvalue weighted by Crippen LogP contribution is -2.45. The number of halogens is 1. The Hall–Kier alpha value is -2.57. The van der Waals surface area contributed by atoms with Gasteiger partial charge < -0.3 is 9.29 Å². The van der Waals surface area contributed by atoms with Crippen LogP contribution in [0.2, 0.25) is 0 Å². The molecular formula is C25H20BrNO7S2. The van der Waals surface area contributed by atoms with Gasteiger partial charge in [-0.15, -0.1) is 0 Å². The molecule has 0 spiro atoms. The molecule has 0 aliphatic carbocycles. The van der Waals surface area contributed by atoms with E-state index in [1.54, 1.807) is 18.2 Å². The average Bonchev–Trinajstić information content (AvgIpc) is 2.82. The lowest BCUT2D eigenvalue weighted by Gasteiger charge is -2.27. The van der Waals surface area contributed by atoms with Crippen molar-refractivity contribution in [1.29, 1.82) is 0 Å². The molecule has 0 atom stereocenters. The summed E-state index contributed by atoms with van der Waals surface area (Å²) in [6, 6.07) is 10.4. The van der Waals surface area contributed by atoms with Crippen molar-refractivity contribution in [3.63, 3.8) is 0 Å². The van der Waals surface area contributed by atoms with E-state index in [1.807, 2.05) is 6.07 Å². The molecule has 3 heterocycles. The normalized spacial score (nSPS) is 16.6. The van der Waals surface area contributed by atoms with Crippen LogP contribution in [-0.2, 0) is 33.1 Å². The lowest BCUT2D eigenvalue weighted by molar-refractivity contribution is 0.437. The summed E-state index contributed by atoms with van der Waals surface area (Å²) in [5.74, 6) is 1.11. The van der Waals surface area contributed by atoms with Crippen LogP contribution in [0.1, 0.15) is 35.1 Å². The van der Waals surface area contributed by atoms with E-state index in [2.05, 4.69) is 20.5 Å². The van der Waals surface area contributed by atoms with E-state index in [-0.39, 0.29) is 5.56 Å². The lowest BCUT2D eigenvalue weighted by atomic mass is 9.87. The summed E-state index contributed by atoms with van der Waals surface area (Å²) in [6.07, 6.45) is 3.61. The van der Waals surface area contributed by atoms with Crippen molar-refractivity contribution in [2.75, 3.05) is 13.1 Å². The highest BCUT2D eigenvalue weighted by molar-refractivity contribution is 9.10. The molecule has 6 rings (SSSR count). The van der Waals surface area contributed by atoms with Crippen LogP contribution in [0.25, 0.3) is 5.57 Å². The van der Waals surface area contributed by atoms with Crippen LogP contribution in [0, 0.1) is 0 Å². The second-order valence-corrected chi connectivity index (χ2v) is 12.8. The zero-order chi connectivity index (χ0) is 25.4. The van der Waals surface area contributed by atoms with Crippen LogP contribution in [0.3, 0.4) is 0 Å². The van der Waals surface area contributed by atoms with Gasteiger partial charge >= 0.3 is 0 Å². The molecular weight excluding hydrogens is 570 g/mol. The van der Waals surface area contributed by atoms with Gasteiger partial charge in [0, 0.05) is 44.8 Å². The van der Waals surface area contributed by atoms with E-state index in [1.165, 1.54) is 11.4 Å². The maximum atomic E-state index is 12.4. The first-order valence-corrected chi connectivity index (χ1v) is 15.0. The zero-order valence-corrected chi connectivity index (χ0v) is 22.0. The van der Waals surface area contributed by atoms with Crippen LogP contribution < -0.4 is 19.9 Å². The molecule has 0 unspecified atom stereocenters. The topological polar surface area (TPSA) is 124 Å². The maximum Gasteiger partial charge on any atom is 0.294 e. The quantitative estimate of drug-likeness (QED) is 0.287. The summed E-state index contributed by atoms with van der Waals surface area (Å²) >= 11 is 3.46. The molecule has 1 N–H and O–H groups in total. The Morgan fingerprint density at radius 1 is 0.944 bits per heavy atom. The van der Waals surface area contributed by atoms with Crippen LogP contribution in [-0.4, -0.2) is 39.0 Å². The third-order valence-corrected chi connectivity index (χ3v) is 9.18. The van der Waals surface area contributed by atoms with Crippen LogP contribution in [0.15, 0.2) is 56.7 Å². The minimum absolute atomic E-state index is 0.0566. The van der Waals surface area contributed by atoms with E-state index in [0.29, 0.717) is 27.9 Å². The molecule has 0 aromatic heterocycles. The Bertz CT molecular complexity index is 1830. The molecule has 0 saturated carbocycles. The predicted octanol–water partition coefficient (Wildman–Crippen LogP) is 2.34. The van der Waals surface area contributed by atoms with Crippen molar-refractivity contribution >= 4 is 41.7 Å². The molecule has 36 heavy (non-hydrogen) atoms. The monoisotopic (exact) mass is 589 g/mol. The van der Waals surface area contributed by atoms with Crippen molar-refractivity contribution < 1.29 is 30.7 Å². The largest absolute Gasteiger partial charge is 0.744 e. The van der Waals surface area contributed by atoms with Gasteiger partial charge in [-0.05, 0) is 49.2 Å². The van der Waals surface area contributed by atoms with E-state index in [0.717, 1.165) is 66.5 Å². The van der Waals surface area contributed by atoms with Gasteiger partial charge in [-0.25, -0.2) is 13.0 Å². The predicted molar refractivity (Wildman–Crippen MR) is 133 cm³/mol. The maximum absolute atomic E-state index is 12.4. The van der Waals surface area contributed by atoms with Crippen molar-refractivity contribution in [2.45, 2.75) is 35.5 Å². The molecule has 3 aliphatic heterocycles. The molecule has 11 heteroatoms. The fraction of sp³-hybridized carbons (Fsp3) is 0.240. The van der Waals surface area contributed by atoms with Crippen molar-refractivity contribution in [3.05, 3.63) is 79.8 Å². The average molecular weight is 590 g/mol. The number of ether oxygens (including phenoxy) is 1. The molecule has 3 aromatic carbocycles. The summed E-state index contributed by atoms with van der Waals surface area (Å²) in [4.78, 5) is -1.39. The van der Waals surface area contributed by atoms with Gasteiger partial charge in [-0.1, -0.05) is 22.0 Å². The number of aryl methyl sites for hydroxylation is 1. The summed E-state index contributed by atoms with van der Waals surface area (Å²) < 4.78 is 79.7. The second kappa shape index (κ2) is 8.22. The van der Waals surface area contributed by atoms with E-state index in [9.17, 15) is 25.9 Å². The number of nitrogens with zero attached hydrogens (tertiary/aromatic N) is 1. The van der Waals surface area contributed by atoms with E-state index in [4.69, 9.17) is 4.74 Å². The Morgan fingerprint density at radius 2 is 1.67 bits per heavy atom. The van der Waals surface area contributed by atoms with Crippen LogP contribution in [0.4, 0.5) is 0 Å². The highest BCUT2D eigenvalue weighted by Gasteiger charge is 2.32. The minimum atomic E-state index is -5.11. The highest BCUT2D eigenvalue weighted by atomic mass is 79.9. The molecule has 8 nitrogen and oxygen atoms in total. The molecule has 0 bridgehead atoms. The minimum Gasteiger partial charge on any atom is -0.744 e. The van der Waals surface area contributed by atoms with Gasteiger partial charge in [-0.3, -0.25) is 4.55 Å². The third kappa shape index (κ3) is 3.81. The second-order valence-electron chi connectivity index (χ2n) is 9.14. The molecule has 0 saturated heterocycles. The number of benzene rings is 3. The number of rotatable bonds is 3. The fourth-order valence-electron chi connectivity index (χ4n) is 5.54. The van der Waals surface area contributed by atoms with Crippen LogP contribution >= 0.6 is 15.9 Å². The number of hydrogen-bond donors (Lipinski definition) is 1. The first-order valence-electron chi connectivity index (χ1n) is 11.4. The highest BCUT2D eigenvalue weighted by Crippen LogP contribution is 2.41. The molecule has 0 fully saturated rings. The fourth-order valence-corrected chi connectivity index (χ4v) is 7.17. The number of fused-ring (bicyclic) bond motifs is 3. The third-order valence-electron chi connectivity index (χ3n) is 6.96. The first-order chi connectivity index (χ1) is 17.0. The Balaban J connectivity index is 1.81. The standard InChI is InChI=1S/C25H20BrNO7S2/c26-15-5-7-17-21(12-15)34-25-19-4-2-10-27-9-1-3-14(24(19)27)11-20(25)23(17)18-8-6-16(35(28,29)30)13-22(18)36(31,32)33/h5-8,11-13H,1-4,9-10H2,(H-,28,29,30,31,32,33). The Morgan fingerprint density at radius 3 is 2.39 bits per heavy atom. The molecule has 0 radical (unpaired) electrons. The van der Waals surface area contributed by atoms with Gasteiger partial charge in [0.25, 0.3) is 10.1 Å². The first kappa shape index (κ1) is 23.8. The molecule has 0 amide bonds. The molecule has 186 valence electrons. The molecule has 3 aromatic rings. The van der Waals surface area contributed by atoms with Crippen molar-refractivity contribution in [2.24, 2.45) is 0 Å². The van der Waals surface area contributed by atoms with Gasteiger partial charge in [-0.2, -0.15) is 8.42 Å². The van der Waals surface area contributed by atoms with Gasteiger partial charge in [0.2, 0.25) is 5.36 Å². The van der Waals surface area contributed by atoms with Gasteiger partial charge in [0.15, 0.2) is 0 Å². The van der Waals surface area contributed by atoms with Crippen molar-refractivity contribution in [3.8, 4) is 11.5 Å². The SMILES string of the molecule is O=S(=O)([O-])c1cc(S(=O)(=O)O)ccc1C1=c2cc3c4c(c2Oc2cc(Br)ccc21)CCC[N+]=4CCC3. The van der Waals surface area contributed by atoms with E-state index >= 15 is 0 Å². The zero-order valence-electron chi connectivity index (χ0n) is 18.8. The Kier molecular flexibility index (Phi) is 5.44. The molecule has 3 aliphatic rings. The summed E-state index contributed by atoms with van der Waals surface area (Å²) in [5, 5.41) is 1.83. The van der Waals surface area contributed by atoms with Crippen molar-refractivity contribution in [1.82, 2.24) is 4.58 Å². The van der Waals surface area contributed by atoms with Crippen LogP contribution in [0.5, 0.6) is 11.5 Å². The van der Waals surface area contributed by atoms with Gasteiger partial charge in [0.05, 0.1) is 15.4 Å².